The topological polar surface area (TPSA) is 34.0 Å². The average Bonchev–Trinajstić information content (AvgIpc) is 3.89. The Morgan fingerprint density at radius 3 is 1.62 bits per heavy atom. The van der Waals surface area contributed by atoms with E-state index in [2.05, 4.69) is 233 Å². The highest BCUT2D eigenvalue weighted by Gasteiger charge is 2.25. The van der Waals surface area contributed by atoms with E-state index in [0.29, 0.717) is 0 Å². The van der Waals surface area contributed by atoms with Crippen LogP contribution < -0.4 is 9.13 Å². The maximum Gasteiger partial charge on any atom is 0.216 e. The van der Waals surface area contributed by atoms with Crippen LogP contribution in [0.1, 0.15) is 22.3 Å². The number of pyridine rings is 2. The highest BCUT2D eigenvalue weighted by molar-refractivity contribution is 6.22. The second-order valence-corrected chi connectivity index (χ2v) is 17.3. The second-order valence-electron chi connectivity index (χ2n) is 17.3. The van der Waals surface area contributed by atoms with Crippen LogP contribution in [0.15, 0.2) is 191 Å². The monoisotopic (exact) mass is 828 g/mol. The Bertz CT molecular complexity index is 3780. The largest absolute Gasteiger partial charge is 0.455 e. The summed E-state index contributed by atoms with van der Waals surface area (Å²) in [5, 5.41) is 9.72. The van der Waals surface area contributed by atoms with Gasteiger partial charge in [-0.05, 0) is 100 Å². The molecular weight excluding hydrogens is 781 g/mol. The van der Waals surface area contributed by atoms with Crippen molar-refractivity contribution in [1.82, 2.24) is 0 Å². The van der Waals surface area contributed by atoms with Crippen molar-refractivity contribution in [3.05, 3.63) is 205 Å². The molecule has 0 saturated carbocycles. The van der Waals surface area contributed by atoms with Gasteiger partial charge in [-0.1, -0.05) is 140 Å². The van der Waals surface area contributed by atoms with Crippen LogP contribution in [0.5, 0.6) is 0 Å². The van der Waals surface area contributed by atoms with Crippen molar-refractivity contribution < 1.29 is 18.0 Å². The molecule has 4 nitrogen and oxygen atoms in total. The van der Waals surface area contributed by atoms with E-state index in [9.17, 15) is 0 Å². The van der Waals surface area contributed by atoms with Crippen LogP contribution in [0, 0.1) is 27.7 Å². The lowest BCUT2D eigenvalue weighted by Crippen LogP contribution is -2.31. The molecule has 0 radical (unpaired) electrons. The second kappa shape index (κ2) is 15.5. The van der Waals surface area contributed by atoms with Crippen molar-refractivity contribution in [2.45, 2.75) is 27.7 Å². The first-order valence-corrected chi connectivity index (χ1v) is 22.0. The van der Waals surface area contributed by atoms with Gasteiger partial charge in [0.05, 0.1) is 11.1 Å². The van der Waals surface area contributed by atoms with Gasteiger partial charge < -0.3 is 8.83 Å². The van der Waals surface area contributed by atoms with Gasteiger partial charge in [0, 0.05) is 45.3 Å². The fraction of sp³-hybridized carbons (Fsp3) is 0.100. The summed E-state index contributed by atoms with van der Waals surface area (Å²) in [5.74, 6) is 0. The summed E-state index contributed by atoms with van der Waals surface area (Å²) < 4.78 is 17.5. The molecule has 12 rings (SSSR count). The zero-order valence-electron chi connectivity index (χ0n) is 37.0. The van der Waals surface area contributed by atoms with Gasteiger partial charge in [-0.3, -0.25) is 0 Å². The van der Waals surface area contributed by atoms with Crippen molar-refractivity contribution in [1.29, 1.82) is 0 Å². The molecule has 0 aliphatic heterocycles. The molecule has 0 fully saturated rings. The molecule has 0 bridgehead atoms. The molecule has 4 heterocycles. The fourth-order valence-electron chi connectivity index (χ4n) is 9.91. The molecule has 4 aromatic heterocycles. The van der Waals surface area contributed by atoms with Crippen molar-refractivity contribution >= 4 is 65.4 Å². The molecule has 0 unspecified atom stereocenters. The maximum absolute atomic E-state index is 6.60. The lowest BCUT2D eigenvalue weighted by Gasteiger charge is -2.10. The molecule has 308 valence electrons. The molecule has 0 N–H and O–H groups in total. The summed E-state index contributed by atoms with van der Waals surface area (Å²) in [6.45, 7) is 8.67. The van der Waals surface area contributed by atoms with Crippen LogP contribution in [0.2, 0.25) is 0 Å². The summed E-state index contributed by atoms with van der Waals surface area (Å²) in [7, 11) is 4.22. The number of fused-ring (bicyclic) bond motifs is 10. The van der Waals surface area contributed by atoms with Gasteiger partial charge in [0.1, 0.15) is 36.4 Å². The van der Waals surface area contributed by atoms with Gasteiger partial charge in [-0.15, -0.1) is 0 Å². The minimum absolute atomic E-state index is 0.934. The van der Waals surface area contributed by atoms with E-state index in [4.69, 9.17) is 8.83 Å². The van der Waals surface area contributed by atoms with E-state index in [1.54, 1.807) is 0 Å². The van der Waals surface area contributed by atoms with Crippen LogP contribution in [0.4, 0.5) is 0 Å². The Hall–Kier alpha value is -7.82. The third-order valence-corrected chi connectivity index (χ3v) is 13.1. The van der Waals surface area contributed by atoms with Gasteiger partial charge in [-0.2, -0.15) is 0 Å². The Balaban J connectivity index is 0.000000143. The lowest BCUT2D eigenvalue weighted by molar-refractivity contribution is -0.660. The summed E-state index contributed by atoms with van der Waals surface area (Å²) in [6.07, 6.45) is 4.35. The number of aryl methyl sites for hydroxylation is 6. The molecule has 0 aliphatic rings. The number of hydrogen-bond acceptors (Lipinski definition) is 2. The van der Waals surface area contributed by atoms with Gasteiger partial charge in [0.2, 0.25) is 11.4 Å². The van der Waals surface area contributed by atoms with Crippen molar-refractivity contribution in [2.24, 2.45) is 14.1 Å². The molecule has 64 heavy (non-hydrogen) atoms. The first-order valence-electron chi connectivity index (χ1n) is 22.0. The highest BCUT2D eigenvalue weighted by atomic mass is 16.3. The normalized spacial score (nSPS) is 11.6. The fourth-order valence-corrected chi connectivity index (χ4v) is 9.91. The van der Waals surface area contributed by atoms with E-state index in [1.807, 2.05) is 0 Å². The Morgan fingerprint density at radius 1 is 0.375 bits per heavy atom. The van der Waals surface area contributed by atoms with Crippen molar-refractivity contribution in [3.63, 3.8) is 0 Å². The quantitative estimate of drug-likeness (QED) is 0.166. The standard InChI is InChI=1S/2C30H24NO/c1-19-13-15-24-29-23-12-8-7-11-22(23)14-16-27(29)32-30(24)28(19)26-17-25(20(2)18-31(26)3)21-9-5-4-6-10-21;1-19-13-14-25-29-24-12-8-7-11-23(24)20(2)17-27(29)32-30(25)28(19)26-18-22(15-16-31(26)3)21-9-5-4-6-10-21/h2*4-18H,1-3H3/q2*+1. The van der Waals surface area contributed by atoms with E-state index in [-0.39, 0.29) is 0 Å². The molecule has 0 spiro atoms. The third kappa shape index (κ3) is 6.45. The number of furan rings is 2. The molecular formula is C60H48N2O2+2. The molecule has 4 heteroatoms. The smallest absolute Gasteiger partial charge is 0.216 e. The van der Waals surface area contributed by atoms with E-state index >= 15 is 0 Å². The summed E-state index contributed by atoms with van der Waals surface area (Å²) in [4.78, 5) is 0. The van der Waals surface area contributed by atoms with Crippen LogP contribution in [-0.4, -0.2) is 0 Å². The highest BCUT2D eigenvalue weighted by Crippen LogP contribution is 2.43. The predicted octanol–water partition coefficient (Wildman–Crippen LogP) is 15.0. The molecule has 12 aromatic rings. The minimum Gasteiger partial charge on any atom is -0.455 e. The van der Waals surface area contributed by atoms with E-state index in [0.717, 1.165) is 44.8 Å². The van der Waals surface area contributed by atoms with E-state index in [1.165, 1.54) is 87.6 Å². The average molecular weight is 829 g/mol. The molecule has 0 saturated heterocycles. The predicted molar refractivity (Wildman–Crippen MR) is 265 cm³/mol. The lowest BCUT2D eigenvalue weighted by atomic mass is 9.95. The van der Waals surface area contributed by atoms with E-state index < -0.39 is 0 Å². The maximum atomic E-state index is 6.60. The van der Waals surface area contributed by atoms with Gasteiger partial charge in [0.15, 0.2) is 12.4 Å². The zero-order valence-corrected chi connectivity index (χ0v) is 37.0. The van der Waals surface area contributed by atoms with Crippen molar-refractivity contribution in [3.8, 4) is 44.8 Å². The van der Waals surface area contributed by atoms with Crippen molar-refractivity contribution in [2.75, 3.05) is 0 Å². The van der Waals surface area contributed by atoms with Crippen LogP contribution in [-0.2, 0) is 14.1 Å². The van der Waals surface area contributed by atoms with Gasteiger partial charge >= 0.3 is 0 Å². The van der Waals surface area contributed by atoms with Crippen LogP contribution >= 0.6 is 0 Å². The Morgan fingerprint density at radius 2 is 0.938 bits per heavy atom. The molecule has 0 amide bonds. The number of nitrogens with zero attached hydrogens (tertiary/aromatic N) is 2. The molecule has 0 atom stereocenters. The van der Waals surface area contributed by atoms with Gasteiger partial charge in [-0.25, -0.2) is 9.13 Å². The Kier molecular flexibility index (Phi) is 9.47. The zero-order chi connectivity index (χ0) is 43.6. The number of aromatic nitrogens is 2. The summed E-state index contributed by atoms with van der Waals surface area (Å²) >= 11 is 0. The first kappa shape index (κ1) is 39.1. The summed E-state index contributed by atoms with van der Waals surface area (Å²) in [5.41, 5.74) is 18.2. The Labute approximate surface area is 372 Å². The number of hydrogen-bond donors (Lipinski definition) is 0. The summed E-state index contributed by atoms with van der Waals surface area (Å²) in [6, 6.07) is 60.3. The minimum atomic E-state index is 0.934. The number of benzene rings is 8. The van der Waals surface area contributed by atoms with Crippen LogP contribution in [0.3, 0.4) is 0 Å². The molecule has 0 aliphatic carbocycles. The van der Waals surface area contributed by atoms with Crippen LogP contribution in [0.25, 0.3) is 110 Å². The SMILES string of the molecule is Cc1c[n+](C)c(-c2c(C)ccc3c2oc2ccc4ccccc4c23)cc1-c1ccccc1.Cc1ccc2c(oc3cc(C)c4ccccc4c32)c1-c1cc(-c2ccccc2)cc[n+]1C. The first-order chi connectivity index (χ1) is 31.2. The number of rotatable bonds is 4. The van der Waals surface area contributed by atoms with Gasteiger partial charge in [0.25, 0.3) is 0 Å². The third-order valence-electron chi connectivity index (χ3n) is 13.1. The molecule has 8 aromatic carbocycles.